The van der Waals surface area contributed by atoms with Gasteiger partial charge in [-0.05, 0) is 25.5 Å². The molecule has 0 saturated carbocycles. The molecular formula is C22H22N4O2. The van der Waals surface area contributed by atoms with Crippen LogP contribution in [0.1, 0.15) is 17.9 Å². The first kappa shape index (κ1) is 18.0. The molecular weight excluding hydrogens is 352 g/mol. The van der Waals surface area contributed by atoms with Crippen LogP contribution < -0.4 is 5.32 Å². The molecule has 1 N–H and O–H groups in total. The van der Waals surface area contributed by atoms with Gasteiger partial charge in [-0.2, -0.15) is 0 Å². The van der Waals surface area contributed by atoms with Crippen molar-refractivity contribution in [3.05, 3.63) is 72.2 Å². The summed E-state index contributed by atoms with van der Waals surface area (Å²) in [4.78, 5) is 16.8. The van der Waals surface area contributed by atoms with Gasteiger partial charge in [0.05, 0.1) is 23.1 Å². The van der Waals surface area contributed by atoms with Crippen molar-refractivity contribution in [2.45, 2.75) is 26.3 Å². The van der Waals surface area contributed by atoms with Crippen LogP contribution in [-0.2, 0) is 17.8 Å². The van der Waals surface area contributed by atoms with Crippen LogP contribution in [0.4, 0.5) is 0 Å². The molecule has 0 radical (unpaired) electrons. The fourth-order valence-corrected chi connectivity index (χ4v) is 3.30. The molecule has 0 bridgehead atoms. The summed E-state index contributed by atoms with van der Waals surface area (Å²) < 4.78 is 7.53. The maximum atomic E-state index is 12.2. The summed E-state index contributed by atoms with van der Waals surface area (Å²) in [7, 11) is 0. The number of nitrogens with one attached hydrogen (secondary N) is 1. The van der Waals surface area contributed by atoms with Crippen molar-refractivity contribution in [1.82, 2.24) is 20.0 Å². The number of carbonyl (C=O) groups is 1. The molecule has 0 unspecified atom stereocenters. The Hall–Kier alpha value is -3.41. The Kier molecular flexibility index (Phi) is 5.19. The van der Waals surface area contributed by atoms with Gasteiger partial charge in [-0.25, -0.2) is 4.98 Å². The minimum atomic E-state index is -0.0554. The van der Waals surface area contributed by atoms with E-state index in [9.17, 15) is 4.79 Å². The van der Waals surface area contributed by atoms with Crippen LogP contribution in [0.3, 0.4) is 0 Å². The summed E-state index contributed by atoms with van der Waals surface area (Å²) in [5.41, 5.74) is 3.71. The zero-order valence-electron chi connectivity index (χ0n) is 15.8. The van der Waals surface area contributed by atoms with Crippen molar-refractivity contribution in [2.24, 2.45) is 0 Å². The van der Waals surface area contributed by atoms with E-state index in [1.54, 1.807) is 0 Å². The minimum Gasteiger partial charge on any atom is -0.356 e. The summed E-state index contributed by atoms with van der Waals surface area (Å²) in [5, 5.41) is 6.95. The number of benzene rings is 2. The summed E-state index contributed by atoms with van der Waals surface area (Å²) in [6.45, 7) is 3.43. The van der Waals surface area contributed by atoms with Gasteiger partial charge < -0.3 is 14.4 Å². The van der Waals surface area contributed by atoms with Crippen molar-refractivity contribution in [1.29, 1.82) is 0 Å². The quantitative estimate of drug-likeness (QED) is 0.500. The number of aryl methyl sites for hydroxylation is 2. The van der Waals surface area contributed by atoms with Crippen LogP contribution in [0.15, 0.2) is 65.2 Å². The first-order valence-electron chi connectivity index (χ1n) is 9.40. The second-order valence-electron chi connectivity index (χ2n) is 6.73. The third-order valence-corrected chi connectivity index (χ3v) is 4.69. The van der Waals surface area contributed by atoms with Crippen molar-refractivity contribution < 1.29 is 9.32 Å². The number of carbonyl (C=O) groups excluding carboxylic acids is 1. The topological polar surface area (TPSA) is 73.0 Å². The number of fused-ring (bicyclic) bond motifs is 1. The fraction of sp³-hybridized carbons (Fsp3) is 0.227. The molecule has 0 fully saturated rings. The Morgan fingerprint density at radius 2 is 1.89 bits per heavy atom. The highest BCUT2D eigenvalue weighted by atomic mass is 16.5. The van der Waals surface area contributed by atoms with E-state index >= 15 is 0 Å². The van der Waals surface area contributed by atoms with Crippen molar-refractivity contribution in [3.8, 4) is 11.3 Å². The molecule has 4 rings (SSSR count). The van der Waals surface area contributed by atoms with E-state index in [1.165, 1.54) is 0 Å². The van der Waals surface area contributed by atoms with Gasteiger partial charge in [-0.1, -0.05) is 47.6 Å². The van der Waals surface area contributed by atoms with E-state index in [-0.39, 0.29) is 12.3 Å². The molecule has 28 heavy (non-hydrogen) atoms. The van der Waals surface area contributed by atoms with E-state index in [2.05, 4.69) is 26.1 Å². The summed E-state index contributed by atoms with van der Waals surface area (Å²) in [6.07, 6.45) is 1.05. The average Bonchev–Trinajstić information content (AvgIpc) is 3.30. The van der Waals surface area contributed by atoms with Gasteiger partial charge in [0, 0.05) is 24.7 Å². The average molecular weight is 374 g/mol. The van der Waals surface area contributed by atoms with E-state index < -0.39 is 0 Å². The van der Waals surface area contributed by atoms with Gasteiger partial charge in [-0.15, -0.1) is 0 Å². The molecule has 0 atom stereocenters. The SMILES string of the molecule is Cc1nc2ccccc2n1CCCNC(=O)Cc1cc(-c2ccccc2)on1. The minimum absolute atomic E-state index is 0.0554. The number of aromatic nitrogens is 3. The Morgan fingerprint density at radius 1 is 1.11 bits per heavy atom. The van der Waals surface area contributed by atoms with Gasteiger partial charge >= 0.3 is 0 Å². The number of para-hydroxylation sites is 2. The molecule has 6 nitrogen and oxygen atoms in total. The Labute approximate surface area is 163 Å². The molecule has 0 aliphatic carbocycles. The Balaban J connectivity index is 1.27. The van der Waals surface area contributed by atoms with Gasteiger partial charge in [0.25, 0.3) is 0 Å². The predicted octanol–water partition coefficient (Wildman–Crippen LogP) is 3.75. The highest BCUT2D eigenvalue weighted by Gasteiger charge is 2.11. The third-order valence-electron chi connectivity index (χ3n) is 4.69. The van der Waals surface area contributed by atoms with Crippen molar-refractivity contribution in [3.63, 3.8) is 0 Å². The highest BCUT2D eigenvalue weighted by molar-refractivity contribution is 5.78. The second kappa shape index (κ2) is 8.08. The zero-order chi connectivity index (χ0) is 19.3. The Bertz CT molecular complexity index is 1080. The van der Waals surface area contributed by atoms with Crippen LogP contribution in [-0.4, -0.2) is 27.2 Å². The lowest BCUT2D eigenvalue weighted by atomic mass is 10.1. The smallest absolute Gasteiger partial charge is 0.226 e. The van der Waals surface area contributed by atoms with Gasteiger partial charge in [0.2, 0.25) is 5.91 Å². The van der Waals surface area contributed by atoms with Crippen LogP contribution in [0.5, 0.6) is 0 Å². The molecule has 0 aliphatic heterocycles. The van der Waals surface area contributed by atoms with Crippen LogP contribution in [0.25, 0.3) is 22.4 Å². The largest absolute Gasteiger partial charge is 0.356 e. The molecule has 0 spiro atoms. The lowest BCUT2D eigenvalue weighted by Crippen LogP contribution is -2.27. The highest BCUT2D eigenvalue weighted by Crippen LogP contribution is 2.20. The normalized spacial score (nSPS) is 11.0. The number of rotatable bonds is 7. The van der Waals surface area contributed by atoms with Gasteiger partial charge in [0.15, 0.2) is 5.76 Å². The predicted molar refractivity (Wildman–Crippen MR) is 108 cm³/mol. The first-order valence-corrected chi connectivity index (χ1v) is 9.40. The van der Waals surface area contributed by atoms with E-state index in [0.717, 1.165) is 35.4 Å². The maximum absolute atomic E-state index is 12.2. The number of nitrogens with zero attached hydrogens (tertiary/aromatic N) is 3. The number of hydrogen-bond donors (Lipinski definition) is 1. The zero-order valence-corrected chi connectivity index (χ0v) is 15.8. The standard InChI is InChI=1S/C22H22N4O2/c1-16-24-19-10-5-6-11-20(19)26(16)13-7-12-23-22(27)15-18-14-21(28-25-18)17-8-3-2-4-9-17/h2-6,8-11,14H,7,12-13,15H2,1H3,(H,23,27). The van der Waals surface area contributed by atoms with Crippen LogP contribution in [0, 0.1) is 6.92 Å². The summed E-state index contributed by atoms with van der Waals surface area (Å²) in [6, 6.07) is 19.6. The van der Waals surface area contributed by atoms with Crippen molar-refractivity contribution in [2.75, 3.05) is 6.54 Å². The molecule has 2 aromatic heterocycles. The lowest BCUT2D eigenvalue weighted by molar-refractivity contribution is -0.120. The summed E-state index contributed by atoms with van der Waals surface area (Å²) in [5.74, 6) is 1.61. The van der Waals surface area contributed by atoms with Gasteiger partial charge in [-0.3, -0.25) is 4.79 Å². The second-order valence-corrected chi connectivity index (χ2v) is 6.73. The maximum Gasteiger partial charge on any atom is 0.226 e. The molecule has 1 amide bonds. The number of hydrogen-bond acceptors (Lipinski definition) is 4. The molecule has 0 saturated heterocycles. The molecule has 2 heterocycles. The molecule has 2 aromatic carbocycles. The molecule has 0 aliphatic rings. The number of imidazole rings is 1. The molecule has 142 valence electrons. The van der Waals surface area contributed by atoms with Gasteiger partial charge in [0.1, 0.15) is 5.82 Å². The summed E-state index contributed by atoms with van der Waals surface area (Å²) >= 11 is 0. The Morgan fingerprint density at radius 3 is 2.75 bits per heavy atom. The molecule has 4 aromatic rings. The number of amides is 1. The van der Waals surface area contributed by atoms with E-state index in [0.29, 0.717) is 18.0 Å². The molecule has 6 heteroatoms. The fourth-order valence-electron chi connectivity index (χ4n) is 3.30. The first-order chi connectivity index (χ1) is 13.7. The monoisotopic (exact) mass is 374 g/mol. The lowest BCUT2D eigenvalue weighted by Gasteiger charge is -2.08. The van der Waals surface area contributed by atoms with E-state index in [4.69, 9.17) is 4.52 Å². The third kappa shape index (κ3) is 3.96. The van der Waals surface area contributed by atoms with E-state index in [1.807, 2.05) is 61.5 Å². The van der Waals surface area contributed by atoms with Crippen LogP contribution in [0.2, 0.25) is 0 Å². The van der Waals surface area contributed by atoms with Crippen molar-refractivity contribution >= 4 is 16.9 Å². The van der Waals surface area contributed by atoms with Crippen LogP contribution >= 0.6 is 0 Å².